The van der Waals surface area contributed by atoms with Crippen molar-refractivity contribution in [1.82, 2.24) is 5.32 Å². The summed E-state index contributed by atoms with van der Waals surface area (Å²) in [6.07, 6.45) is 4.50. The SMILES string of the molecule is CCCCC(C)(C)CNC(C)[N+](C)(C)CC. The number of nitrogens with zero attached hydrogens (tertiary/aromatic N) is 1. The van der Waals surface area contributed by atoms with E-state index in [1.54, 1.807) is 0 Å². The molecule has 2 heteroatoms. The second kappa shape index (κ2) is 6.61. The number of quaternary nitrogens is 1. The summed E-state index contributed by atoms with van der Waals surface area (Å²) in [6, 6.07) is 0. The molecule has 0 rings (SSSR count). The van der Waals surface area contributed by atoms with Crippen molar-refractivity contribution in [2.45, 2.75) is 60.0 Å². The lowest BCUT2D eigenvalue weighted by Gasteiger charge is -2.37. The van der Waals surface area contributed by atoms with E-state index >= 15 is 0 Å². The van der Waals surface area contributed by atoms with E-state index in [4.69, 9.17) is 0 Å². The molecule has 0 aliphatic carbocycles. The van der Waals surface area contributed by atoms with Crippen LogP contribution in [0.4, 0.5) is 0 Å². The van der Waals surface area contributed by atoms with Gasteiger partial charge in [0.1, 0.15) is 6.17 Å². The molecule has 2 nitrogen and oxygen atoms in total. The van der Waals surface area contributed by atoms with E-state index in [-0.39, 0.29) is 0 Å². The number of rotatable bonds is 8. The summed E-state index contributed by atoms with van der Waals surface area (Å²) in [5.41, 5.74) is 0.429. The first-order valence-corrected chi connectivity index (χ1v) is 6.81. The van der Waals surface area contributed by atoms with Crippen LogP contribution in [0.5, 0.6) is 0 Å². The maximum absolute atomic E-state index is 3.70. The van der Waals surface area contributed by atoms with E-state index in [1.165, 1.54) is 25.8 Å². The fraction of sp³-hybridized carbons (Fsp3) is 1.00. The molecule has 0 aromatic carbocycles. The average Bonchev–Trinajstić information content (AvgIpc) is 2.23. The molecule has 0 radical (unpaired) electrons. The quantitative estimate of drug-likeness (QED) is 0.498. The third-order valence-corrected chi connectivity index (χ3v) is 3.95. The Morgan fingerprint density at radius 1 is 1.19 bits per heavy atom. The van der Waals surface area contributed by atoms with Gasteiger partial charge in [0.25, 0.3) is 0 Å². The van der Waals surface area contributed by atoms with Crippen LogP contribution in [0.25, 0.3) is 0 Å². The maximum atomic E-state index is 3.70. The van der Waals surface area contributed by atoms with Crippen LogP contribution < -0.4 is 5.32 Å². The molecule has 0 aromatic heterocycles. The van der Waals surface area contributed by atoms with Crippen LogP contribution in [0.3, 0.4) is 0 Å². The van der Waals surface area contributed by atoms with E-state index in [2.05, 4.69) is 54.0 Å². The topological polar surface area (TPSA) is 12.0 Å². The molecule has 0 aliphatic rings. The number of hydrogen-bond donors (Lipinski definition) is 1. The number of nitrogens with one attached hydrogen (secondary N) is 1. The summed E-state index contributed by atoms with van der Waals surface area (Å²) in [6.45, 7) is 13.8. The van der Waals surface area contributed by atoms with Crippen LogP contribution in [0.15, 0.2) is 0 Å². The van der Waals surface area contributed by atoms with Gasteiger partial charge in [-0.1, -0.05) is 33.6 Å². The zero-order valence-corrected chi connectivity index (χ0v) is 12.6. The zero-order valence-electron chi connectivity index (χ0n) is 12.6. The molecule has 98 valence electrons. The smallest absolute Gasteiger partial charge is 0.139 e. The first-order valence-electron chi connectivity index (χ1n) is 6.81. The summed E-state index contributed by atoms with van der Waals surface area (Å²) >= 11 is 0. The Morgan fingerprint density at radius 2 is 1.75 bits per heavy atom. The summed E-state index contributed by atoms with van der Waals surface area (Å²) in [5.74, 6) is 0. The molecule has 0 saturated carbocycles. The third kappa shape index (κ3) is 5.86. The minimum absolute atomic E-state index is 0.429. The standard InChI is InChI=1S/C14H33N2/c1-8-10-11-14(4,5)12-15-13(3)16(6,7)9-2/h13,15H,8-12H2,1-7H3/q+1. The second-order valence-corrected chi connectivity index (χ2v) is 6.42. The molecular formula is C14H33N2+. The van der Waals surface area contributed by atoms with Crippen LogP contribution in [-0.4, -0.2) is 37.8 Å². The molecule has 0 heterocycles. The number of hydrogen-bond acceptors (Lipinski definition) is 1. The molecule has 16 heavy (non-hydrogen) atoms. The van der Waals surface area contributed by atoms with Gasteiger partial charge in [0.2, 0.25) is 0 Å². The Hall–Kier alpha value is -0.0800. The molecule has 0 spiro atoms. The van der Waals surface area contributed by atoms with Gasteiger partial charge < -0.3 is 4.48 Å². The molecule has 0 aromatic rings. The number of unbranched alkanes of at least 4 members (excludes halogenated alkanes) is 1. The van der Waals surface area contributed by atoms with Crippen LogP contribution in [0.1, 0.15) is 53.9 Å². The highest BCUT2D eigenvalue weighted by Crippen LogP contribution is 2.22. The lowest BCUT2D eigenvalue weighted by Crippen LogP contribution is -2.55. The van der Waals surface area contributed by atoms with Gasteiger partial charge in [-0.3, -0.25) is 5.32 Å². The van der Waals surface area contributed by atoms with E-state index < -0.39 is 0 Å². The van der Waals surface area contributed by atoms with Crippen molar-refractivity contribution < 1.29 is 4.48 Å². The van der Waals surface area contributed by atoms with Crippen molar-refractivity contribution in [3.8, 4) is 0 Å². The maximum Gasteiger partial charge on any atom is 0.139 e. The Labute approximate surface area is 103 Å². The molecule has 1 N–H and O–H groups in total. The molecule has 1 atom stereocenters. The Balaban J connectivity index is 4.03. The predicted molar refractivity (Wildman–Crippen MR) is 73.4 cm³/mol. The van der Waals surface area contributed by atoms with Crippen LogP contribution in [0.2, 0.25) is 0 Å². The molecule has 0 bridgehead atoms. The molecule has 0 fully saturated rings. The van der Waals surface area contributed by atoms with Crippen molar-refractivity contribution in [2.75, 3.05) is 27.2 Å². The van der Waals surface area contributed by atoms with Gasteiger partial charge in [0.05, 0.1) is 20.6 Å². The third-order valence-electron chi connectivity index (χ3n) is 3.95. The van der Waals surface area contributed by atoms with Gasteiger partial charge in [-0.05, 0) is 18.8 Å². The second-order valence-electron chi connectivity index (χ2n) is 6.42. The summed E-state index contributed by atoms with van der Waals surface area (Å²) < 4.78 is 1.05. The highest BCUT2D eigenvalue weighted by Gasteiger charge is 2.24. The first kappa shape index (κ1) is 15.9. The highest BCUT2D eigenvalue weighted by atomic mass is 15.4. The zero-order chi connectivity index (χ0) is 12.8. The minimum atomic E-state index is 0.429. The molecule has 0 aliphatic heterocycles. The fourth-order valence-electron chi connectivity index (χ4n) is 1.69. The van der Waals surface area contributed by atoms with Crippen molar-refractivity contribution >= 4 is 0 Å². The largest absolute Gasteiger partial charge is 0.314 e. The van der Waals surface area contributed by atoms with Crippen LogP contribution >= 0.6 is 0 Å². The summed E-state index contributed by atoms with van der Waals surface area (Å²) in [4.78, 5) is 0. The van der Waals surface area contributed by atoms with E-state index in [9.17, 15) is 0 Å². The van der Waals surface area contributed by atoms with Crippen molar-refractivity contribution in [3.05, 3.63) is 0 Å². The van der Waals surface area contributed by atoms with Gasteiger partial charge >= 0.3 is 0 Å². The molecule has 1 unspecified atom stereocenters. The summed E-state index contributed by atoms with van der Waals surface area (Å²) in [5, 5.41) is 3.70. The molecular weight excluding hydrogens is 196 g/mol. The Bertz CT molecular complexity index is 185. The average molecular weight is 229 g/mol. The normalized spacial score (nSPS) is 15.2. The van der Waals surface area contributed by atoms with E-state index in [0.29, 0.717) is 11.6 Å². The van der Waals surface area contributed by atoms with Gasteiger partial charge in [-0.25, -0.2) is 0 Å². The lowest BCUT2D eigenvalue weighted by atomic mass is 9.87. The predicted octanol–water partition coefficient (Wildman–Crippen LogP) is 3.23. The van der Waals surface area contributed by atoms with Crippen molar-refractivity contribution in [2.24, 2.45) is 5.41 Å². The van der Waals surface area contributed by atoms with E-state index in [1.807, 2.05) is 0 Å². The van der Waals surface area contributed by atoms with Crippen molar-refractivity contribution in [1.29, 1.82) is 0 Å². The van der Waals surface area contributed by atoms with Gasteiger partial charge in [0, 0.05) is 13.5 Å². The van der Waals surface area contributed by atoms with Gasteiger partial charge in [0.15, 0.2) is 0 Å². The highest BCUT2D eigenvalue weighted by molar-refractivity contribution is 4.71. The molecule has 0 amide bonds. The summed E-state index contributed by atoms with van der Waals surface area (Å²) in [7, 11) is 4.58. The lowest BCUT2D eigenvalue weighted by molar-refractivity contribution is -0.914. The van der Waals surface area contributed by atoms with Crippen LogP contribution in [0, 0.1) is 5.41 Å². The van der Waals surface area contributed by atoms with Gasteiger partial charge in [-0.15, -0.1) is 0 Å². The minimum Gasteiger partial charge on any atom is -0.314 e. The van der Waals surface area contributed by atoms with Crippen molar-refractivity contribution in [3.63, 3.8) is 0 Å². The first-order chi connectivity index (χ1) is 7.25. The molecule has 0 saturated heterocycles. The Morgan fingerprint density at radius 3 is 2.19 bits per heavy atom. The fourth-order valence-corrected chi connectivity index (χ4v) is 1.69. The van der Waals surface area contributed by atoms with Gasteiger partial charge in [-0.2, -0.15) is 0 Å². The van der Waals surface area contributed by atoms with Crippen LogP contribution in [-0.2, 0) is 0 Å². The monoisotopic (exact) mass is 229 g/mol. The Kier molecular flexibility index (Phi) is 6.57. The van der Waals surface area contributed by atoms with E-state index in [0.717, 1.165) is 11.0 Å².